The Bertz CT molecular complexity index is 1320. The Balaban J connectivity index is 1.44. The molecule has 4 rings (SSSR count). The van der Waals surface area contributed by atoms with E-state index in [1.807, 2.05) is 0 Å². The molecule has 0 aliphatic carbocycles. The van der Waals surface area contributed by atoms with E-state index < -0.39 is 10.0 Å². The zero-order valence-electron chi connectivity index (χ0n) is 17.4. The van der Waals surface area contributed by atoms with Crippen LogP contribution in [-0.4, -0.2) is 34.3 Å². The van der Waals surface area contributed by atoms with Gasteiger partial charge in [0.25, 0.3) is 10.0 Å². The van der Waals surface area contributed by atoms with Gasteiger partial charge in [0.15, 0.2) is 11.8 Å². The van der Waals surface area contributed by atoms with Gasteiger partial charge in [-0.2, -0.15) is 4.99 Å². The number of hydrogen-bond donors (Lipinski definition) is 4. The molecule has 32 heavy (non-hydrogen) atoms. The number of fused-ring (bicyclic) bond motifs is 1. The van der Waals surface area contributed by atoms with Crippen molar-refractivity contribution in [2.24, 2.45) is 10.7 Å². The third-order valence-corrected chi connectivity index (χ3v) is 5.78. The summed E-state index contributed by atoms with van der Waals surface area (Å²) < 4.78 is 27.7. The molecule has 0 unspecified atom stereocenters. The van der Waals surface area contributed by atoms with Gasteiger partial charge in [0.05, 0.1) is 29.0 Å². The van der Waals surface area contributed by atoms with Gasteiger partial charge < -0.3 is 16.4 Å². The summed E-state index contributed by atoms with van der Waals surface area (Å²) in [5.74, 6) is 0.666. The zero-order valence-corrected chi connectivity index (χ0v) is 18.2. The molecule has 0 bridgehead atoms. The van der Waals surface area contributed by atoms with Gasteiger partial charge >= 0.3 is 0 Å². The minimum Gasteiger partial charge on any atom is -0.379 e. The summed E-state index contributed by atoms with van der Waals surface area (Å²) in [5, 5.41) is 6.00. The van der Waals surface area contributed by atoms with E-state index in [1.54, 1.807) is 38.2 Å². The first-order chi connectivity index (χ1) is 15.2. The molecule has 0 saturated heterocycles. The van der Waals surface area contributed by atoms with E-state index in [1.165, 1.54) is 12.1 Å². The SMILES string of the molecule is C=C1NC(N)=Nc2ncc(CNc3ccc(S(=O)(=O)Nc4nc(C)cc(C)n4)cc3)nc21. The van der Waals surface area contributed by atoms with Gasteiger partial charge in [-0.05, 0) is 44.2 Å². The standard InChI is InChI=1S/C20H21N9O2S/c1-11-8-12(2)25-20(24-11)29-32(30,31)16-6-4-14(5-7-16)22-9-15-10-23-18-17(27-15)13(3)26-19(21)28-18/h4-8,10,22H,3,9H2,1-2H3,(H,24,25,29)(H3,21,23,26,28). The number of hydrogen-bond acceptors (Lipinski definition) is 10. The van der Waals surface area contributed by atoms with Gasteiger partial charge in [-0.15, -0.1) is 0 Å². The number of nitrogens with one attached hydrogen (secondary N) is 3. The molecule has 1 aliphatic heterocycles. The summed E-state index contributed by atoms with van der Waals surface area (Å²) in [4.78, 5) is 21.2. The van der Waals surface area contributed by atoms with E-state index in [9.17, 15) is 8.42 Å². The molecule has 0 radical (unpaired) electrons. The molecule has 0 spiro atoms. The Hall–Kier alpha value is -4.06. The van der Waals surface area contributed by atoms with Crippen molar-refractivity contribution in [3.63, 3.8) is 0 Å². The van der Waals surface area contributed by atoms with Gasteiger partial charge in [-0.3, -0.25) is 0 Å². The summed E-state index contributed by atoms with van der Waals surface area (Å²) in [6.07, 6.45) is 1.59. The molecule has 11 nitrogen and oxygen atoms in total. The Kier molecular flexibility index (Phi) is 5.45. The molecule has 2 aromatic heterocycles. The number of nitrogens with two attached hydrogens (primary N) is 1. The van der Waals surface area contributed by atoms with Crippen LogP contribution < -0.4 is 21.1 Å². The summed E-state index contributed by atoms with van der Waals surface area (Å²) >= 11 is 0. The Labute approximate surface area is 185 Å². The molecule has 3 aromatic rings. The van der Waals surface area contributed by atoms with Gasteiger partial charge in [-0.1, -0.05) is 6.58 Å². The first-order valence-electron chi connectivity index (χ1n) is 9.55. The van der Waals surface area contributed by atoms with Crippen LogP contribution in [0.4, 0.5) is 17.5 Å². The summed E-state index contributed by atoms with van der Waals surface area (Å²) in [6, 6.07) is 8.08. The van der Waals surface area contributed by atoms with Crippen molar-refractivity contribution in [1.29, 1.82) is 0 Å². The topological polar surface area (TPSA) is 160 Å². The average Bonchev–Trinajstić information content (AvgIpc) is 2.71. The lowest BCUT2D eigenvalue weighted by Crippen LogP contribution is -2.32. The van der Waals surface area contributed by atoms with Gasteiger partial charge in [0, 0.05) is 17.1 Å². The molecule has 0 fully saturated rings. The molecule has 0 saturated carbocycles. The number of guanidine groups is 1. The number of rotatable bonds is 6. The fraction of sp³-hybridized carbons (Fsp3) is 0.150. The molecule has 1 aliphatic rings. The second kappa shape index (κ2) is 8.23. The van der Waals surface area contributed by atoms with Crippen LogP contribution in [-0.2, 0) is 16.6 Å². The zero-order chi connectivity index (χ0) is 22.9. The van der Waals surface area contributed by atoms with Crippen LogP contribution in [0.25, 0.3) is 5.70 Å². The maximum Gasteiger partial charge on any atom is 0.264 e. The van der Waals surface area contributed by atoms with Crippen molar-refractivity contribution >= 4 is 39.1 Å². The molecule has 12 heteroatoms. The van der Waals surface area contributed by atoms with Gasteiger partial charge in [0.2, 0.25) is 5.95 Å². The lowest BCUT2D eigenvalue weighted by molar-refractivity contribution is 0.601. The predicted octanol–water partition coefficient (Wildman–Crippen LogP) is 1.82. The highest BCUT2D eigenvalue weighted by atomic mass is 32.2. The average molecular weight is 452 g/mol. The van der Waals surface area contributed by atoms with Gasteiger partial charge in [0.1, 0.15) is 5.69 Å². The highest BCUT2D eigenvalue weighted by molar-refractivity contribution is 7.92. The smallest absolute Gasteiger partial charge is 0.264 e. The second-order valence-electron chi connectivity index (χ2n) is 7.09. The minimum atomic E-state index is -3.82. The number of nitrogens with zero attached hydrogens (tertiary/aromatic N) is 5. The van der Waals surface area contributed by atoms with Crippen LogP contribution >= 0.6 is 0 Å². The van der Waals surface area contributed by atoms with E-state index in [0.717, 1.165) is 0 Å². The molecule has 0 amide bonds. The molecule has 3 heterocycles. The second-order valence-corrected chi connectivity index (χ2v) is 8.77. The van der Waals surface area contributed by atoms with Crippen molar-refractivity contribution in [2.75, 3.05) is 10.0 Å². The van der Waals surface area contributed by atoms with Crippen LogP contribution in [0.5, 0.6) is 0 Å². The summed E-state index contributed by atoms with van der Waals surface area (Å²) in [7, 11) is -3.82. The Morgan fingerprint density at radius 2 is 1.78 bits per heavy atom. The largest absolute Gasteiger partial charge is 0.379 e. The first kappa shape index (κ1) is 21.2. The molecule has 164 valence electrons. The van der Waals surface area contributed by atoms with E-state index in [-0.39, 0.29) is 16.8 Å². The fourth-order valence-corrected chi connectivity index (χ4v) is 3.98. The highest BCUT2D eigenvalue weighted by Gasteiger charge is 2.18. The van der Waals surface area contributed by atoms with Crippen LogP contribution in [0.2, 0.25) is 0 Å². The van der Waals surface area contributed by atoms with Gasteiger partial charge in [-0.25, -0.2) is 33.1 Å². The van der Waals surface area contributed by atoms with E-state index in [2.05, 4.69) is 46.9 Å². The monoisotopic (exact) mass is 451 g/mol. The molecular formula is C20H21N9O2S. The number of anilines is 2. The summed E-state index contributed by atoms with van der Waals surface area (Å²) in [5.41, 5.74) is 9.43. The highest BCUT2D eigenvalue weighted by Crippen LogP contribution is 2.23. The number of aliphatic imine (C=N–C) groups is 1. The van der Waals surface area contributed by atoms with Crippen molar-refractivity contribution < 1.29 is 8.42 Å². The number of sulfonamides is 1. The normalized spacial score (nSPS) is 13.1. The van der Waals surface area contributed by atoms with Crippen LogP contribution in [0.3, 0.4) is 0 Å². The van der Waals surface area contributed by atoms with Crippen LogP contribution in [0, 0.1) is 13.8 Å². The maximum atomic E-state index is 12.6. The predicted molar refractivity (Wildman–Crippen MR) is 122 cm³/mol. The van der Waals surface area contributed by atoms with E-state index in [0.29, 0.717) is 46.5 Å². The molecule has 5 N–H and O–H groups in total. The maximum absolute atomic E-state index is 12.6. The quantitative estimate of drug-likeness (QED) is 0.438. The summed E-state index contributed by atoms with van der Waals surface area (Å²) in [6.45, 7) is 7.78. The van der Waals surface area contributed by atoms with E-state index in [4.69, 9.17) is 5.73 Å². The van der Waals surface area contributed by atoms with Crippen LogP contribution in [0.15, 0.2) is 53.0 Å². The lowest BCUT2D eigenvalue weighted by Gasteiger charge is -2.16. The molecule has 0 atom stereocenters. The Morgan fingerprint density at radius 3 is 2.47 bits per heavy atom. The Morgan fingerprint density at radius 1 is 1.09 bits per heavy atom. The van der Waals surface area contributed by atoms with Crippen molar-refractivity contribution in [2.45, 2.75) is 25.3 Å². The van der Waals surface area contributed by atoms with Crippen molar-refractivity contribution in [1.82, 2.24) is 25.3 Å². The van der Waals surface area contributed by atoms with Crippen molar-refractivity contribution in [3.05, 3.63) is 65.9 Å². The van der Waals surface area contributed by atoms with Crippen LogP contribution in [0.1, 0.15) is 22.8 Å². The fourth-order valence-electron chi connectivity index (χ4n) is 3.04. The lowest BCUT2D eigenvalue weighted by atomic mass is 10.2. The third-order valence-electron chi connectivity index (χ3n) is 4.44. The number of benzene rings is 1. The first-order valence-corrected chi connectivity index (χ1v) is 11.0. The minimum absolute atomic E-state index is 0.0397. The number of aryl methyl sites for hydroxylation is 2. The molecular weight excluding hydrogens is 430 g/mol. The van der Waals surface area contributed by atoms with Crippen molar-refractivity contribution in [3.8, 4) is 0 Å². The third kappa shape index (κ3) is 4.64. The number of aromatic nitrogens is 4. The van der Waals surface area contributed by atoms with E-state index >= 15 is 0 Å². The molecule has 1 aromatic carbocycles.